The quantitative estimate of drug-likeness (QED) is 0.572. The molecule has 3 rings (SSSR count). The van der Waals surface area contributed by atoms with Crippen molar-refractivity contribution in [3.8, 4) is 0 Å². The second kappa shape index (κ2) is 7.83. The maximum absolute atomic E-state index is 13.3. The van der Waals surface area contributed by atoms with Crippen molar-refractivity contribution >= 4 is 11.6 Å². The van der Waals surface area contributed by atoms with Crippen LogP contribution in [0.5, 0.6) is 0 Å². The molecule has 0 fully saturated rings. The topological polar surface area (TPSA) is 34.1 Å². The van der Waals surface area contributed by atoms with E-state index in [0.717, 1.165) is 0 Å². The molecule has 1 atom stereocenters. The molecule has 0 aliphatic rings. The van der Waals surface area contributed by atoms with Crippen molar-refractivity contribution in [2.24, 2.45) is 0 Å². The third-order valence-corrected chi connectivity index (χ3v) is 4.20. The first-order valence-corrected chi connectivity index (χ1v) is 8.18. The number of halogens is 2. The number of hydrogen-bond donors (Lipinski definition) is 0. The van der Waals surface area contributed by atoms with Crippen LogP contribution in [0.15, 0.2) is 78.9 Å². The van der Waals surface area contributed by atoms with Crippen LogP contribution in [0.4, 0.5) is 8.78 Å². The molecule has 1 unspecified atom stereocenters. The van der Waals surface area contributed by atoms with Gasteiger partial charge in [0.15, 0.2) is 11.6 Å². The van der Waals surface area contributed by atoms with Gasteiger partial charge in [0.05, 0.1) is 5.92 Å². The summed E-state index contributed by atoms with van der Waals surface area (Å²) in [6.45, 7) is 0. The van der Waals surface area contributed by atoms with Gasteiger partial charge in [-0.05, 0) is 42.0 Å². The Balaban J connectivity index is 1.93. The van der Waals surface area contributed by atoms with Gasteiger partial charge in [0, 0.05) is 17.5 Å². The van der Waals surface area contributed by atoms with Crippen molar-refractivity contribution in [3.63, 3.8) is 0 Å². The van der Waals surface area contributed by atoms with Crippen LogP contribution in [0.1, 0.15) is 38.6 Å². The second-order valence-electron chi connectivity index (χ2n) is 5.97. The molecule has 0 spiro atoms. The summed E-state index contributed by atoms with van der Waals surface area (Å²) in [5, 5.41) is 0. The highest BCUT2D eigenvalue weighted by molar-refractivity contribution is 6.06. The van der Waals surface area contributed by atoms with Crippen LogP contribution < -0.4 is 0 Å². The Kier molecular flexibility index (Phi) is 5.32. The summed E-state index contributed by atoms with van der Waals surface area (Å²) in [6, 6.07) is 19.4. The first-order valence-electron chi connectivity index (χ1n) is 8.18. The zero-order valence-electron chi connectivity index (χ0n) is 13.9. The van der Waals surface area contributed by atoms with E-state index in [1.165, 1.54) is 48.5 Å². The fraction of sp³-hybridized carbons (Fsp3) is 0.0909. The predicted molar refractivity (Wildman–Crippen MR) is 95.3 cm³/mol. The molecule has 2 nitrogen and oxygen atoms in total. The molecule has 0 heterocycles. The van der Waals surface area contributed by atoms with Gasteiger partial charge in [-0.3, -0.25) is 9.59 Å². The molecule has 0 aliphatic heterocycles. The molecule has 0 amide bonds. The first-order chi connectivity index (χ1) is 12.5. The third kappa shape index (κ3) is 4.09. The Morgan fingerprint density at radius 3 is 1.81 bits per heavy atom. The lowest BCUT2D eigenvalue weighted by molar-refractivity contribution is 0.0893. The standard InChI is InChI=1S/C22H16F2O2/c23-18-10-6-15(7-11-18)20(14-21(25)16-4-2-1-3-5-16)22(26)17-8-12-19(24)13-9-17/h1-13,20H,14H2. The van der Waals surface area contributed by atoms with Gasteiger partial charge in [0.25, 0.3) is 0 Å². The monoisotopic (exact) mass is 350 g/mol. The van der Waals surface area contributed by atoms with E-state index in [1.807, 2.05) is 0 Å². The summed E-state index contributed by atoms with van der Waals surface area (Å²) in [7, 11) is 0. The number of ketones is 2. The van der Waals surface area contributed by atoms with E-state index in [1.54, 1.807) is 30.3 Å². The van der Waals surface area contributed by atoms with E-state index in [2.05, 4.69) is 0 Å². The fourth-order valence-corrected chi connectivity index (χ4v) is 2.80. The average molecular weight is 350 g/mol. The first kappa shape index (κ1) is 17.7. The maximum Gasteiger partial charge on any atom is 0.170 e. The summed E-state index contributed by atoms with van der Waals surface area (Å²) in [4.78, 5) is 25.5. The molecule has 0 N–H and O–H groups in total. The smallest absolute Gasteiger partial charge is 0.170 e. The van der Waals surface area contributed by atoms with Gasteiger partial charge in [0.2, 0.25) is 0 Å². The SMILES string of the molecule is O=C(CC(C(=O)c1ccc(F)cc1)c1ccc(F)cc1)c1ccccc1. The van der Waals surface area contributed by atoms with Gasteiger partial charge in [-0.2, -0.15) is 0 Å². The highest BCUT2D eigenvalue weighted by atomic mass is 19.1. The lowest BCUT2D eigenvalue weighted by atomic mass is 9.85. The molecule has 0 saturated heterocycles. The summed E-state index contributed by atoms with van der Waals surface area (Å²) in [5.41, 5.74) is 1.36. The van der Waals surface area contributed by atoms with E-state index in [4.69, 9.17) is 0 Å². The van der Waals surface area contributed by atoms with E-state index in [-0.39, 0.29) is 18.0 Å². The molecule has 4 heteroatoms. The maximum atomic E-state index is 13.3. The number of rotatable bonds is 6. The van der Waals surface area contributed by atoms with Gasteiger partial charge < -0.3 is 0 Å². The number of carbonyl (C=O) groups is 2. The second-order valence-corrected chi connectivity index (χ2v) is 5.97. The van der Waals surface area contributed by atoms with Crippen molar-refractivity contribution in [2.45, 2.75) is 12.3 Å². The molecular formula is C22H16F2O2. The number of Topliss-reactive ketones (excluding diaryl/α,β-unsaturated/α-hetero) is 2. The minimum Gasteiger partial charge on any atom is -0.294 e. The number of carbonyl (C=O) groups excluding carboxylic acids is 2. The molecule has 3 aromatic rings. The number of hydrogen-bond acceptors (Lipinski definition) is 2. The summed E-state index contributed by atoms with van der Waals surface area (Å²) < 4.78 is 26.4. The molecule has 0 aliphatic carbocycles. The Labute approximate surface area is 150 Å². The molecule has 3 aromatic carbocycles. The van der Waals surface area contributed by atoms with Crippen LogP contribution in [0.3, 0.4) is 0 Å². The molecule has 26 heavy (non-hydrogen) atoms. The highest BCUT2D eigenvalue weighted by Crippen LogP contribution is 2.27. The van der Waals surface area contributed by atoms with Crippen LogP contribution in [-0.2, 0) is 0 Å². The van der Waals surface area contributed by atoms with Crippen LogP contribution >= 0.6 is 0 Å². The zero-order chi connectivity index (χ0) is 18.5. The van der Waals surface area contributed by atoms with E-state index in [0.29, 0.717) is 16.7 Å². The lowest BCUT2D eigenvalue weighted by Gasteiger charge is -2.16. The van der Waals surface area contributed by atoms with Gasteiger partial charge in [-0.1, -0.05) is 42.5 Å². The van der Waals surface area contributed by atoms with Gasteiger partial charge >= 0.3 is 0 Å². The highest BCUT2D eigenvalue weighted by Gasteiger charge is 2.25. The summed E-state index contributed by atoms with van der Waals surface area (Å²) in [5.74, 6) is -2.12. The molecule has 0 aromatic heterocycles. The Morgan fingerprint density at radius 2 is 1.23 bits per heavy atom. The van der Waals surface area contributed by atoms with Gasteiger partial charge in [-0.25, -0.2) is 8.78 Å². The normalized spacial score (nSPS) is 11.8. The fourth-order valence-electron chi connectivity index (χ4n) is 2.80. The van der Waals surface area contributed by atoms with Crippen molar-refractivity contribution in [1.29, 1.82) is 0 Å². The number of benzene rings is 3. The Hall–Kier alpha value is -3.14. The minimum atomic E-state index is -0.770. The lowest BCUT2D eigenvalue weighted by Crippen LogP contribution is -2.17. The Morgan fingerprint density at radius 1 is 0.692 bits per heavy atom. The molecule has 0 bridgehead atoms. The van der Waals surface area contributed by atoms with Crippen molar-refractivity contribution < 1.29 is 18.4 Å². The summed E-state index contributed by atoms with van der Waals surface area (Å²) >= 11 is 0. The molecule has 0 saturated carbocycles. The molecule has 0 radical (unpaired) electrons. The van der Waals surface area contributed by atoms with E-state index in [9.17, 15) is 18.4 Å². The van der Waals surface area contributed by atoms with Crippen molar-refractivity contribution in [2.75, 3.05) is 0 Å². The van der Waals surface area contributed by atoms with Gasteiger partial charge in [-0.15, -0.1) is 0 Å². The average Bonchev–Trinajstić information content (AvgIpc) is 2.67. The zero-order valence-corrected chi connectivity index (χ0v) is 13.9. The van der Waals surface area contributed by atoms with Crippen LogP contribution in [0.25, 0.3) is 0 Å². The third-order valence-electron chi connectivity index (χ3n) is 4.20. The van der Waals surface area contributed by atoms with E-state index < -0.39 is 17.6 Å². The van der Waals surface area contributed by atoms with Crippen molar-refractivity contribution in [1.82, 2.24) is 0 Å². The van der Waals surface area contributed by atoms with Gasteiger partial charge in [0.1, 0.15) is 11.6 Å². The Bertz CT molecular complexity index is 901. The predicted octanol–water partition coefficient (Wildman–Crippen LogP) is 5.20. The molecule has 130 valence electrons. The largest absolute Gasteiger partial charge is 0.294 e. The van der Waals surface area contributed by atoms with Crippen LogP contribution in [0.2, 0.25) is 0 Å². The van der Waals surface area contributed by atoms with Crippen molar-refractivity contribution in [3.05, 3.63) is 107 Å². The van der Waals surface area contributed by atoms with Crippen LogP contribution in [0, 0.1) is 11.6 Å². The molecular weight excluding hydrogens is 334 g/mol. The summed E-state index contributed by atoms with van der Waals surface area (Å²) in [6.07, 6.45) is -0.0497. The van der Waals surface area contributed by atoms with E-state index >= 15 is 0 Å². The van der Waals surface area contributed by atoms with Crippen LogP contribution in [-0.4, -0.2) is 11.6 Å². The minimum absolute atomic E-state index is 0.0497.